The number of aliphatic carboxylic acids is 1. The molecule has 0 aromatic heterocycles. The number of rotatable bonds is 9. The van der Waals surface area contributed by atoms with Gasteiger partial charge in [-0.25, -0.2) is 0 Å². The van der Waals surface area contributed by atoms with E-state index in [9.17, 15) is 4.79 Å². The van der Waals surface area contributed by atoms with Crippen LogP contribution in [0.2, 0.25) is 5.02 Å². The van der Waals surface area contributed by atoms with E-state index >= 15 is 0 Å². The number of thioether (sulfide) groups is 1. The lowest BCUT2D eigenvalue weighted by molar-refractivity contribution is -0.138. The summed E-state index contributed by atoms with van der Waals surface area (Å²) in [6, 6.07) is 10.3. The number of hydrogen-bond donors (Lipinski definition) is 2. The van der Waals surface area contributed by atoms with E-state index in [1.165, 1.54) is 18.9 Å². The van der Waals surface area contributed by atoms with Crippen molar-refractivity contribution in [2.45, 2.75) is 11.4 Å². The third kappa shape index (κ3) is 5.20. The van der Waals surface area contributed by atoms with Gasteiger partial charge >= 0.3 is 5.97 Å². The highest BCUT2D eigenvalue weighted by molar-refractivity contribution is 7.99. The Morgan fingerprint density at radius 2 is 1.83 bits per heavy atom. The molecule has 1 fully saturated rings. The molecule has 29 heavy (non-hydrogen) atoms. The summed E-state index contributed by atoms with van der Waals surface area (Å²) in [6.45, 7) is 0.549. The second-order valence-electron chi connectivity index (χ2n) is 6.15. The van der Waals surface area contributed by atoms with Gasteiger partial charge in [-0.05, 0) is 29.8 Å². The van der Waals surface area contributed by atoms with Gasteiger partial charge < -0.3 is 24.1 Å². The van der Waals surface area contributed by atoms with E-state index < -0.39 is 12.0 Å². The van der Waals surface area contributed by atoms with Gasteiger partial charge in [-0.3, -0.25) is 10.1 Å². The zero-order valence-corrected chi connectivity index (χ0v) is 17.6. The first-order chi connectivity index (χ1) is 14.0. The molecule has 9 heteroatoms. The number of halogens is 1. The molecule has 3 rings (SSSR count). The molecule has 1 heterocycles. The van der Waals surface area contributed by atoms with Gasteiger partial charge in [0, 0.05) is 5.75 Å². The molecule has 1 aliphatic heterocycles. The molecule has 2 atom stereocenters. The van der Waals surface area contributed by atoms with Crippen LogP contribution in [0.3, 0.4) is 0 Å². The van der Waals surface area contributed by atoms with Crippen LogP contribution < -0.4 is 24.3 Å². The van der Waals surface area contributed by atoms with Crippen LogP contribution in [0.4, 0.5) is 0 Å². The van der Waals surface area contributed by atoms with Crippen molar-refractivity contribution in [3.8, 4) is 23.0 Å². The smallest absolute Gasteiger partial charge is 0.321 e. The van der Waals surface area contributed by atoms with Crippen LogP contribution in [0.25, 0.3) is 0 Å². The van der Waals surface area contributed by atoms with Crippen molar-refractivity contribution in [1.29, 1.82) is 0 Å². The van der Waals surface area contributed by atoms with Crippen LogP contribution in [0.15, 0.2) is 36.4 Å². The second-order valence-corrected chi connectivity index (χ2v) is 7.70. The number of benzene rings is 2. The number of nitrogens with one attached hydrogen (secondary N) is 1. The Bertz CT molecular complexity index is 865. The zero-order chi connectivity index (χ0) is 20.8. The summed E-state index contributed by atoms with van der Waals surface area (Å²) < 4.78 is 22.2. The first kappa shape index (κ1) is 21.4. The number of carboxylic acids is 1. The standard InChI is InChI=1S/C20H22ClNO6S/c1-25-15-5-3-4-6-16(15)27-7-8-28-18-13(21)9-12(10-17(18)26-2)19-22-14(11-29-19)20(23)24/h3-6,9-10,14,19,22H,7-8,11H2,1-2H3,(H,23,24). The maximum atomic E-state index is 11.1. The predicted octanol–water partition coefficient (Wildman–Crippen LogP) is 3.60. The molecule has 0 bridgehead atoms. The van der Waals surface area contributed by atoms with Crippen LogP contribution in [0.5, 0.6) is 23.0 Å². The number of methoxy groups -OCH3 is 2. The van der Waals surface area contributed by atoms with E-state index in [4.69, 9.17) is 35.7 Å². The Labute approximate surface area is 178 Å². The fraction of sp³-hybridized carbons (Fsp3) is 0.350. The molecule has 2 aromatic carbocycles. The molecule has 156 valence electrons. The van der Waals surface area contributed by atoms with E-state index in [0.717, 1.165) is 5.56 Å². The lowest BCUT2D eigenvalue weighted by Gasteiger charge is -2.17. The number of hydrogen-bond acceptors (Lipinski definition) is 7. The molecule has 0 radical (unpaired) electrons. The maximum absolute atomic E-state index is 11.1. The largest absolute Gasteiger partial charge is 0.493 e. The van der Waals surface area contributed by atoms with Crippen molar-refractivity contribution in [2.24, 2.45) is 0 Å². The molecule has 1 saturated heterocycles. The highest BCUT2D eigenvalue weighted by Gasteiger charge is 2.31. The summed E-state index contributed by atoms with van der Waals surface area (Å²) in [6.07, 6.45) is 0. The molecule has 7 nitrogen and oxygen atoms in total. The minimum absolute atomic E-state index is 0.176. The van der Waals surface area contributed by atoms with E-state index in [1.807, 2.05) is 24.3 Å². The third-order valence-electron chi connectivity index (χ3n) is 4.29. The quantitative estimate of drug-likeness (QED) is 0.573. The Kier molecular flexibility index (Phi) is 7.35. The van der Waals surface area contributed by atoms with Crippen LogP contribution in [-0.2, 0) is 4.79 Å². The third-order valence-corrected chi connectivity index (χ3v) is 5.84. The van der Waals surface area contributed by atoms with E-state index in [2.05, 4.69) is 5.32 Å². The van der Waals surface area contributed by atoms with E-state index in [-0.39, 0.29) is 12.0 Å². The highest BCUT2D eigenvalue weighted by atomic mass is 35.5. The molecule has 0 aliphatic carbocycles. The average Bonchev–Trinajstić information content (AvgIpc) is 3.22. The highest BCUT2D eigenvalue weighted by Crippen LogP contribution is 2.42. The first-order valence-electron chi connectivity index (χ1n) is 8.90. The Hall–Kier alpha value is -2.29. The van der Waals surface area contributed by atoms with E-state index in [1.54, 1.807) is 19.2 Å². The Morgan fingerprint density at radius 1 is 1.14 bits per heavy atom. The molecule has 2 aromatic rings. The number of carbonyl (C=O) groups is 1. The maximum Gasteiger partial charge on any atom is 0.321 e. The molecular weight excluding hydrogens is 418 g/mol. The fourth-order valence-electron chi connectivity index (χ4n) is 2.87. The van der Waals surface area contributed by atoms with Crippen LogP contribution in [0.1, 0.15) is 10.9 Å². The molecule has 0 spiro atoms. The summed E-state index contributed by atoms with van der Waals surface area (Å²) in [5.41, 5.74) is 0.832. The summed E-state index contributed by atoms with van der Waals surface area (Å²) >= 11 is 7.92. The molecule has 0 saturated carbocycles. The summed E-state index contributed by atoms with van der Waals surface area (Å²) in [4.78, 5) is 11.1. The summed E-state index contributed by atoms with van der Waals surface area (Å²) in [5, 5.41) is 12.4. The van der Waals surface area contributed by atoms with Gasteiger partial charge in [-0.1, -0.05) is 23.7 Å². The van der Waals surface area contributed by atoms with Crippen molar-refractivity contribution in [3.63, 3.8) is 0 Å². The molecule has 1 aliphatic rings. The van der Waals surface area contributed by atoms with Gasteiger partial charge in [0.25, 0.3) is 0 Å². The lowest BCUT2D eigenvalue weighted by Crippen LogP contribution is -2.33. The summed E-state index contributed by atoms with van der Waals surface area (Å²) in [5.74, 6) is 1.79. The van der Waals surface area contributed by atoms with Crippen LogP contribution in [-0.4, -0.2) is 50.3 Å². The molecular formula is C20H22ClNO6S. The normalized spacial score (nSPS) is 18.3. The van der Waals surface area contributed by atoms with Gasteiger partial charge in [0.15, 0.2) is 23.0 Å². The van der Waals surface area contributed by atoms with Crippen molar-refractivity contribution < 1.29 is 28.8 Å². The Balaban J connectivity index is 1.63. The minimum atomic E-state index is -0.868. The number of carboxylic acid groups (broad SMARTS) is 1. The predicted molar refractivity (Wildman–Crippen MR) is 112 cm³/mol. The second kappa shape index (κ2) is 9.96. The van der Waals surface area contributed by atoms with E-state index in [0.29, 0.717) is 40.4 Å². The topological polar surface area (TPSA) is 86.2 Å². The van der Waals surface area contributed by atoms with Gasteiger partial charge in [0.1, 0.15) is 19.3 Å². The Morgan fingerprint density at radius 3 is 2.48 bits per heavy atom. The van der Waals surface area contributed by atoms with Gasteiger partial charge in [-0.2, -0.15) is 0 Å². The van der Waals surface area contributed by atoms with Gasteiger partial charge in [0.05, 0.1) is 24.6 Å². The van der Waals surface area contributed by atoms with Crippen molar-refractivity contribution in [3.05, 3.63) is 47.0 Å². The van der Waals surface area contributed by atoms with Crippen molar-refractivity contribution in [1.82, 2.24) is 5.32 Å². The first-order valence-corrected chi connectivity index (χ1v) is 10.3. The average molecular weight is 440 g/mol. The SMILES string of the molecule is COc1ccccc1OCCOc1c(Cl)cc(C2NC(C(=O)O)CS2)cc1OC. The zero-order valence-electron chi connectivity index (χ0n) is 16.0. The van der Waals surface area contributed by atoms with Crippen molar-refractivity contribution in [2.75, 3.05) is 33.2 Å². The summed E-state index contributed by atoms with van der Waals surface area (Å²) in [7, 11) is 3.12. The van der Waals surface area contributed by atoms with Gasteiger partial charge in [0.2, 0.25) is 0 Å². The minimum Gasteiger partial charge on any atom is -0.493 e. The number of ether oxygens (including phenoxy) is 4. The monoisotopic (exact) mass is 439 g/mol. The van der Waals surface area contributed by atoms with Crippen LogP contribution >= 0.6 is 23.4 Å². The lowest BCUT2D eigenvalue weighted by atomic mass is 10.2. The van der Waals surface area contributed by atoms with Gasteiger partial charge in [-0.15, -0.1) is 11.8 Å². The molecule has 0 amide bonds. The molecule has 2 unspecified atom stereocenters. The van der Waals surface area contributed by atoms with Crippen molar-refractivity contribution >= 4 is 29.3 Å². The fourth-order valence-corrected chi connectivity index (χ4v) is 4.36. The molecule has 2 N–H and O–H groups in total. The van der Waals surface area contributed by atoms with Crippen LogP contribution in [0, 0.1) is 0 Å². The number of para-hydroxylation sites is 2.